The smallest absolute Gasteiger partial charge is 0.258 e. The Morgan fingerprint density at radius 2 is 1.50 bits per heavy atom. The van der Waals surface area contributed by atoms with Crippen LogP contribution in [0.4, 0.5) is 39.0 Å². The van der Waals surface area contributed by atoms with E-state index in [9.17, 15) is 32.1 Å². The Bertz CT molecular complexity index is 773. The molecule has 0 amide bonds. The number of halogens is 7. The summed E-state index contributed by atoms with van der Waals surface area (Å²) in [6.45, 7) is 0. The summed E-state index contributed by atoms with van der Waals surface area (Å²) in [5.74, 6) is -3.38. The quantitative estimate of drug-likeness (QED) is 0.238. The fraction of sp³-hybridized carbons (Fsp3) is 0.0833. The number of nitrogens with zero attached hydrogens (tertiary/aromatic N) is 3. The Hall–Kier alpha value is -2.20. The minimum atomic E-state index is -5.19. The lowest BCUT2D eigenvalue weighted by molar-refractivity contribution is -0.384. The zero-order chi connectivity index (χ0) is 18.2. The maximum atomic E-state index is 13.4. The van der Waals surface area contributed by atoms with Gasteiger partial charge in [0.05, 0.1) is 16.3 Å². The number of rotatable bonds is 3. The summed E-state index contributed by atoms with van der Waals surface area (Å²) in [6, 6.07) is 3.02. The SMILES string of the molecule is O=[N+]([O-])c1ccc(N(c2c(Cl)c(F)nc(F)c2Cl)C(F)(F)F)cc1. The maximum Gasteiger partial charge on any atom is 0.489 e. The van der Waals surface area contributed by atoms with Gasteiger partial charge >= 0.3 is 6.30 Å². The van der Waals surface area contributed by atoms with Crippen molar-refractivity contribution in [1.29, 1.82) is 0 Å². The van der Waals surface area contributed by atoms with Gasteiger partial charge in [-0.05, 0) is 12.1 Å². The number of hydrogen-bond acceptors (Lipinski definition) is 4. The molecule has 0 saturated heterocycles. The molecule has 1 aromatic heterocycles. The van der Waals surface area contributed by atoms with E-state index in [1.54, 1.807) is 0 Å². The van der Waals surface area contributed by atoms with Crippen LogP contribution in [0.2, 0.25) is 10.0 Å². The van der Waals surface area contributed by atoms with Crippen LogP contribution in [-0.4, -0.2) is 16.2 Å². The van der Waals surface area contributed by atoms with Gasteiger partial charge in [0.15, 0.2) is 0 Å². The van der Waals surface area contributed by atoms with Gasteiger partial charge in [-0.25, -0.2) is 4.90 Å². The molecule has 0 aliphatic carbocycles. The number of nitro groups is 1. The fourth-order valence-corrected chi connectivity index (χ4v) is 2.29. The van der Waals surface area contributed by atoms with Crippen molar-refractivity contribution < 1.29 is 26.9 Å². The van der Waals surface area contributed by atoms with Crippen molar-refractivity contribution in [3.8, 4) is 0 Å². The van der Waals surface area contributed by atoms with Crippen molar-refractivity contribution in [1.82, 2.24) is 4.98 Å². The molecule has 0 aliphatic heterocycles. The molecule has 0 N–H and O–H groups in total. The first-order valence-corrected chi connectivity index (χ1v) is 6.61. The molecule has 5 nitrogen and oxygen atoms in total. The van der Waals surface area contributed by atoms with Crippen molar-refractivity contribution in [3.63, 3.8) is 0 Å². The van der Waals surface area contributed by atoms with Crippen LogP contribution in [0.1, 0.15) is 0 Å². The number of nitro benzene ring substituents is 1. The first-order chi connectivity index (χ1) is 11.0. The van der Waals surface area contributed by atoms with Gasteiger partial charge < -0.3 is 0 Å². The summed E-state index contributed by atoms with van der Waals surface area (Å²) in [4.78, 5) is 11.9. The third-order valence-corrected chi connectivity index (χ3v) is 3.44. The predicted molar refractivity (Wildman–Crippen MR) is 75.5 cm³/mol. The number of anilines is 2. The van der Waals surface area contributed by atoms with E-state index >= 15 is 0 Å². The molecule has 0 saturated carbocycles. The van der Waals surface area contributed by atoms with Crippen LogP contribution in [0.3, 0.4) is 0 Å². The van der Waals surface area contributed by atoms with E-state index in [-0.39, 0.29) is 0 Å². The molecule has 12 heteroatoms. The highest BCUT2D eigenvalue weighted by molar-refractivity contribution is 6.39. The highest BCUT2D eigenvalue weighted by Gasteiger charge is 2.42. The molecule has 0 aliphatic rings. The van der Waals surface area contributed by atoms with Crippen molar-refractivity contribution in [2.45, 2.75) is 6.30 Å². The second kappa shape index (κ2) is 6.36. The zero-order valence-corrected chi connectivity index (χ0v) is 12.6. The Morgan fingerprint density at radius 1 is 1.04 bits per heavy atom. The molecule has 0 radical (unpaired) electrons. The van der Waals surface area contributed by atoms with Gasteiger partial charge in [0.1, 0.15) is 10.0 Å². The number of aromatic nitrogens is 1. The minimum absolute atomic E-state index is 0.481. The number of alkyl halides is 3. The fourth-order valence-electron chi connectivity index (χ4n) is 1.80. The molecule has 0 unspecified atom stereocenters. The van der Waals surface area contributed by atoms with E-state index in [0.717, 1.165) is 24.3 Å². The van der Waals surface area contributed by atoms with Gasteiger partial charge in [-0.1, -0.05) is 23.2 Å². The molecule has 0 atom stereocenters. The topological polar surface area (TPSA) is 59.3 Å². The lowest BCUT2D eigenvalue weighted by atomic mass is 10.2. The lowest BCUT2D eigenvalue weighted by Crippen LogP contribution is -2.34. The van der Waals surface area contributed by atoms with Gasteiger partial charge in [0, 0.05) is 12.1 Å². The standard InChI is InChI=1S/C12H4Cl2F5N3O2/c13-7-9(8(14)11(16)20-10(7)15)21(12(17,18)19)5-1-3-6(4-2-5)22(23)24/h1-4H. The summed E-state index contributed by atoms with van der Waals surface area (Å²) in [5.41, 5.74) is -2.39. The molecule has 0 fully saturated rings. The molecule has 0 spiro atoms. The monoisotopic (exact) mass is 387 g/mol. The Labute approximate surface area is 140 Å². The van der Waals surface area contributed by atoms with Crippen LogP contribution >= 0.6 is 23.2 Å². The zero-order valence-electron chi connectivity index (χ0n) is 11.1. The van der Waals surface area contributed by atoms with Crippen LogP contribution in [0.15, 0.2) is 24.3 Å². The van der Waals surface area contributed by atoms with Crippen molar-refractivity contribution in [3.05, 3.63) is 56.3 Å². The van der Waals surface area contributed by atoms with Crippen LogP contribution in [0.5, 0.6) is 0 Å². The van der Waals surface area contributed by atoms with E-state index in [1.165, 1.54) is 0 Å². The first-order valence-electron chi connectivity index (χ1n) is 5.85. The van der Waals surface area contributed by atoms with Crippen LogP contribution in [-0.2, 0) is 0 Å². The van der Waals surface area contributed by atoms with Gasteiger partial charge in [0.25, 0.3) is 5.69 Å². The number of pyridine rings is 1. The van der Waals surface area contributed by atoms with Crippen molar-refractivity contribution in [2.75, 3.05) is 4.90 Å². The summed E-state index contributed by atoms with van der Waals surface area (Å²) >= 11 is 10.9. The third kappa shape index (κ3) is 3.34. The third-order valence-electron chi connectivity index (χ3n) is 2.77. The van der Waals surface area contributed by atoms with E-state index in [2.05, 4.69) is 4.98 Å². The summed E-state index contributed by atoms with van der Waals surface area (Å²) < 4.78 is 67.0. The number of benzene rings is 1. The number of hydrogen-bond donors (Lipinski definition) is 0. The molecule has 24 heavy (non-hydrogen) atoms. The lowest BCUT2D eigenvalue weighted by Gasteiger charge is -2.28. The minimum Gasteiger partial charge on any atom is -0.258 e. The molecule has 1 heterocycles. The Kier molecular flexibility index (Phi) is 4.81. The average Bonchev–Trinajstić information content (AvgIpc) is 2.48. The van der Waals surface area contributed by atoms with Gasteiger partial charge in [-0.15, -0.1) is 13.2 Å². The second-order valence-electron chi connectivity index (χ2n) is 4.25. The van der Waals surface area contributed by atoms with E-state index < -0.39 is 55.1 Å². The Morgan fingerprint density at radius 3 is 1.88 bits per heavy atom. The normalized spacial score (nSPS) is 11.5. The van der Waals surface area contributed by atoms with E-state index in [0.29, 0.717) is 0 Å². The van der Waals surface area contributed by atoms with Crippen LogP contribution in [0, 0.1) is 22.0 Å². The molecule has 2 rings (SSSR count). The maximum absolute atomic E-state index is 13.4. The summed E-state index contributed by atoms with van der Waals surface area (Å²) in [7, 11) is 0. The van der Waals surface area contributed by atoms with Gasteiger partial charge in [0.2, 0.25) is 11.9 Å². The second-order valence-corrected chi connectivity index (χ2v) is 5.00. The predicted octanol–water partition coefficient (Wildman–Crippen LogP) is 5.23. The molecule has 0 bridgehead atoms. The largest absolute Gasteiger partial charge is 0.489 e. The van der Waals surface area contributed by atoms with Gasteiger partial charge in [-0.2, -0.15) is 13.8 Å². The van der Waals surface area contributed by atoms with Crippen molar-refractivity contribution >= 4 is 40.3 Å². The number of non-ortho nitro benzene ring substituents is 1. The molecular formula is C12H4Cl2F5N3O2. The molecular weight excluding hydrogens is 384 g/mol. The summed E-state index contributed by atoms with van der Waals surface area (Å²) in [6.07, 6.45) is -5.19. The molecule has 2 aromatic rings. The van der Waals surface area contributed by atoms with E-state index in [4.69, 9.17) is 23.2 Å². The molecule has 1 aromatic carbocycles. The molecule has 128 valence electrons. The van der Waals surface area contributed by atoms with E-state index in [1.807, 2.05) is 0 Å². The Balaban J connectivity index is 2.70. The average molecular weight is 388 g/mol. The van der Waals surface area contributed by atoms with Crippen LogP contribution in [0.25, 0.3) is 0 Å². The highest BCUT2D eigenvalue weighted by Crippen LogP contribution is 2.45. The highest BCUT2D eigenvalue weighted by atomic mass is 35.5. The van der Waals surface area contributed by atoms with Crippen molar-refractivity contribution in [2.24, 2.45) is 0 Å². The van der Waals surface area contributed by atoms with Crippen LogP contribution < -0.4 is 4.90 Å². The first kappa shape index (κ1) is 18.1. The summed E-state index contributed by atoms with van der Waals surface area (Å²) in [5, 5.41) is 8.26. The van der Waals surface area contributed by atoms with Gasteiger partial charge in [-0.3, -0.25) is 10.1 Å².